The average Bonchev–Trinajstić information content (AvgIpc) is 3.12. The maximum atomic E-state index is 12.4. The second-order valence-electron chi connectivity index (χ2n) is 6.64. The molecule has 1 saturated heterocycles. The monoisotopic (exact) mass is 494 g/mol. The zero-order valence-corrected chi connectivity index (χ0v) is 19.1. The number of carbonyl (C=O) groups excluding carboxylic acids is 1. The molecule has 5 nitrogen and oxygen atoms in total. The van der Waals surface area contributed by atoms with Crippen LogP contribution in [0.2, 0.25) is 0 Å². The molecule has 7 heteroatoms. The van der Waals surface area contributed by atoms with Gasteiger partial charge >= 0.3 is 0 Å². The number of nitrogens with one attached hydrogen (secondary N) is 1. The van der Waals surface area contributed by atoms with E-state index in [1.54, 1.807) is 7.11 Å². The molecule has 1 aliphatic rings. The van der Waals surface area contributed by atoms with Crippen LogP contribution in [-0.4, -0.2) is 18.2 Å². The van der Waals surface area contributed by atoms with Crippen molar-refractivity contribution in [1.29, 1.82) is 0 Å². The fourth-order valence-electron chi connectivity index (χ4n) is 2.89. The molecule has 0 saturated carbocycles. The number of rotatable bonds is 6. The number of para-hydroxylation sites is 1. The zero-order chi connectivity index (χ0) is 21.6. The van der Waals surface area contributed by atoms with E-state index in [1.807, 2.05) is 78.9 Å². The van der Waals surface area contributed by atoms with Gasteiger partial charge in [0.15, 0.2) is 16.7 Å². The first-order valence-electron chi connectivity index (χ1n) is 9.50. The van der Waals surface area contributed by atoms with Gasteiger partial charge in [-0.1, -0.05) is 52.3 Å². The summed E-state index contributed by atoms with van der Waals surface area (Å²) in [6, 6.07) is 23.0. The predicted octanol–water partition coefficient (Wildman–Crippen LogP) is 5.93. The molecule has 1 amide bonds. The average molecular weight is 495 g/mol. The van der Waals surface area contributed by atoms with Crippen molar-refractivity contribution < 1.29 is 14.3 Å². The van der Waals surface area contributed by atoms with Gasteiger partial charge in [0.05, 0.1) is 17.7 Å². The lowest BCUT2D eigenvalue weighted by molar-refractivity contribution is -0.115. The number of halogens is 1. The second kappa shape index (κ2) is 9.85. The summed E-state index contributed by atoms with van der Waals surface area (Å²) in [4.78, 5) is 17.4. The smallest absolute Gasteiger partial charge is 0.264 e. The van der Waals surface area contributed by atoms with Crippen LogP contribution in [0.3, 0.4) is 0 Å². The van der Waals surface area contributed by atoms with E-state index in [9.17, 15) is 4.79 Å². The van der Waals surface area contributed by atoms with Crippen molar-refractivity contribution in [1.82, 2.24) is 5.32 Å². The molecule has 3 aromatic rings. The van der Waals surface area contributed by atoms with Crippen molar-refractivity contribution in [3.63, 3.8) is 0 Å². The minimum atomic E-state index is -0.173. The van der Waals surface area contributed by atoms with Crippen molar-refractivity contribution in [3.8, 4) is 11.5 Å². The van der Waals surface area contributed by atoms with Crippen LogP contribution in [-0.2, 0) is 11.4 Å². The molecule has 0 unspecified atom stereocenters. The van der Waals surface area contributed by atoms with Crippen molar-refractivity contribution >= 4 is 50.5 Å². The Hall–Kier alpha value is -3.03. The molecule has 3 aromatic carbocycles. The van der Waals surface area contributed by atoms with Gasteiger partial charge in [-0.2, -0.15) is 0 Å². The first-order valence-corrected chi connectivity index (χ1v) is 11.1. The molecule has 4 rings (SSSR count). The molecule has 0 radical (unpaired) electrons. The molecule has 1 N–H and O–H groups in total. The Morgan fingerprint density at radius 3 is 2.55 bits per heavy atom. The van der Waals surface area contributed by atoms with Crippen molar-refractivity contribution in [3.05, 3.63) is 93.3 Å². The molecule has 0 bridgehead atoms. The Morgan fingerprint density at radius 2 is 1.81 bits per heavy atom. The summed E-state index contributed by atoms with van der Waals surface area (Å²) in [5.41, 5.74) is 2.67. The van der Waals surface area contributed by atoms with Gasteiger partial charge in [-0.15, -0.1) is 0 Å². The van der Waals surface area contributed by atoms with Crippen molar-refractivity contribution in [2.24, 2.45) is 4.99 Å². The molecule has 156 valence electrons. The summed E-state index contributed by atoms with van der Waals surface area (Å²) in [6.45, 7) is 0.410. The Morgan fingerprint density at radius 1 is 1.03 bits per heavy atom. The zero-order valence-electron chi connectivity index (χ0n) is 16.7. The standard InChI is InChI=1S/C24H19BrN2O3S/c1-29-20-12-9-17(13-21(20)30-15-16-7-10-18(25)11-8-16)14-22-23(28)27-24(31-22)26-19-5-3-2-4-6-19/h2-14H,15H2,1H3,(H,26,27,28)/b22-14-. The third-order valence-electron chi connectivity index (χ3n) is 4.43. The molecule has 0 aromatic heterocycles. The summed E-state index contributed by atoms with van der Waals surface area (Å²) in [6.07, 6.45) is 1.82. The summed E-state index contributed by atoms with van der Waals surface area (Å²) in [5, 5.41) is 3.37. The minimum absolute atomic E-state index is 0.173. The van der Waals surface area contributed by atoms with Gasteiger partial charge in [-0.05, 0) is 65.4 Å². The molecular weight excluding hydrogens is 476 g/mol. The summed E-state index contributed by atoms with van der Waals surface area (Å²) in [7, 11) is 1.60. The van der Waals surface area contributed by atoms with Crippen LogP contribution in [0.5, 0.6) is 11.5 Å². The largest absolute Gasteiger partial charge is 0.493 e. The number of hydrogen-bond donors (Lipinski definition) is 1. The van der Waals surface area contributed by atoms with E-state index in [1.165, 1.54) is 11.8 Å². The fraction of sp³-hybridized carbons (Fsp3) is 0.0833. The van der Waals surface area contributed by atoms with E-state index in [-0.39, 0.29) is 5.91 Å². The second-order valence-corrected chi connectivity index (χ2v) is 8.59. The summed E-state index contributed by atoms with van der Waals surface area (Å²) in [5.74, 6) is 1.07. The summed E-state index contributed by atoms with van der Waals surface area (Å²) < 4.78 is 12.4. The normalized spacial score (nSPS) is 15.9. The van der Waals surface area contributed by atoms with Gasteiger partial charge in [-0.25, -0.2) is 4.99 Å². The van der Waals surface area contributed by atoms with E-state index < -0.39 is 0 Å². The Bertz CT molecular complexity index is 1150. The molecule has 1 aliphatic heterocycles. The van der Waals surface area contributed by atoms with Crippen molar-refractivity contribution in [2.75, 3.05) is 7.11 Å². The lowest BCUT2D eigenvalue weighted by Gasteiger charge is -2.12. The predicted molar refractivity (Wildman–Crippen MR) is 129 cm³/mol. The van der Waals surface area contributed by atoms with E-state index >= 15 is 0 Å². The van der Waals surface area contributed by atoms with Gasteiger partial charge in [0, 0.05) is 4.47 Å². The number of ether oxygens (including phenoxy) is 2. The van der Waals surface area contributed by atoms with Crippen LogP contribution in [0.1, 0.15) is 11.1 Å². The highest BCUT2D eigenvalue weighted by Crippen LogP contribution is 2.32. The van der Waals surface area contributed by atoms with E-state index in [4.69, 9.17) is 9.47 Å². The number of benzene rings is 3. The third kappa shape index (κ3) is 5.57. The number of carbonyl (C=O) groups is 1. The van der Waals surface area contributed by atoms with E-state index in [2.05, 4.69) is 26.2 Å². The lowest BCUT2D eigenvalue weighted by atomic mass is 10.2. The van der Waals surface area contributed by atoms with Gasteiger partial charge < -0.3 is 14.8 Å². The van der Waals surface area contributed by atoms with Crippen LogP contribution in [0, 0.1) is 0 Å². The number of thioether (sulfide) groups is 1. The molecular formula is C24H19BrN2O3S. The van der Waals surface area contributed by atoms with E-state index in [0.29, 0.717) is 28.2 Å². The topological polar surface area (TPSA) is 59.9 Å². The van der Waals surface area contributed by atoms with Gasteiger partial charge in [0.25, 0.3) is 5.91 Å². The van der Waals surface area contributed by atoms with Gasteiger partial charge in [0.1, 0.15) is 6.61 Å². The number of nitrogens with zero attached hydrogens (tertiary/aromatic N) is 1. The number of aliphatic imine (C=N–C) groups is 1. The quantitative estimate of drug-likeness (QED) is 0.431. The van der Waals surface area contributed by atoms with Gasteiger partial charge in [-0.3, -0.25) is 4.79 Å². The number of amidine groups is 1. The lowest BCUT2D eigenvalue weighted by Crippen LogP contribution is -2.19. The van der Waals surface area contributed by atoms with E-state index in [0.717, 1.165) is 21.3 Å². The molecule has 0 aliphatic carbocycles. The highest BCUT2D eigenvalue weighted by atomic mass is 79.9. The number of methoxy groups -OCH3 is 1. The molecule has 31 heavy (non-hydrogen) atoms. The summed E-state index contributed by atoms with van der Waals surface area (Å²) >= 11 is 4.74. The first kappa shape index (κ1) is 21.2. The molecule has 1 heterocycles. The Kier molecular flexibility index (Phi) is 6.74. The van der Waals surface area contributed by atoms with Crippen LogP contribution in [0.25, 0.3) is 6.08 Å². The van der Waals surface area contributed by atoms with Crippen molar-refractivity contribution in [2.45, 2.75) is 6.61 Å². The Balaban J connectivity index is 1.52. The molecule has 0 spiro atoms. The first-order chi connectivity index (χ1) is 15.1. The number of hydrogen-bond acceptors (Lipinski definition) is 5. The SMILES string of the molecule is COc1ccc(/C=C2\SC(=Nc3ccccc3)NC2=O)cc1OCc1ccc(Br)cc1. The highest BCUT2D eigenvalue weighted by Gasteiger charge is 2.24. The maximum absolute atomic E-state index is 12.4. The fourth-order valence-corrected chi connectivity index (χ4v) is 4.00. The number of amides is 1. The highest BCUT2D eigenvalue weighted by molar-refractivity contribution is 9.10. The van der Waals surface area contributed by atoms with Gasteiger partial charge in [0.2, 0.25) is 0 Å². The minimum Gasteiger partial charge on any atom is -0.493 e. The van der Waals surface area contributed by atoms with Crippen LogP contribution < -0.4 is 14.8 Å². The van der Waals surface area contributed by atoms with Crippen LogP contribution in [0.15, 0.2) is 87.2 Å². The molecule has 1 fully saturated rings. The van der Waals surface area contributed by atoms with Crippen LogP contribution >= 0.6 is 27.7 Å². The third-order valence-corrected chi connectivity index (χ3v) is 5.87. The Labute approximate surface area is 193 Å². The maximum Gasteiger partial charge on any atom is 0.264 e. The molecule has 0 atom stereocenters. The van der Waals surface area contributed by atoms with Crippen LogP contribution in [0.4, 0.5) is 5.69 Å².